The second kappa shape index (κ2) is 6.55. The van der Waals surface area contributed by atoms with Gasteiger partial charge in [0.25, 0.3) is 0 Å². The van der Waals surface area contributed by atoms with Crippen molar-refractivity contribution in [1.82, 2.24) is 10.3 Å². The highest BCUT2D eigenvalue weighted by atomic mass is 35.5. The number of hydrogen-bond donors (Lipinski definition) is 1. The van der Waals surface area contributed by atoms with Crippen LogP contribution in [0.5, 0.6) is 5.88 Å². The van der Waals surface area contributed by atoms with E-state index in [9.17, 15) is 0 Å². The van der Waals surface area contributed by atoms with E-state index in [-0.39, 0.29) is 6.04 Å². The summed E-state index contributed by atoms with van der Waals surface area (Å²) in [5.74, 6) is 0.637. The molecule has 4 heteroatoms. The number of benzene rings is 1. The Labute approximate surface area is 118 Å². The van der Waals surface area contributed by atoms with Crippen molar-refractivity contribution in [2.24, 2.45) is 0 Å². The second-order valence-electron chi connectivity index (χ2n) is 4.33. The van der Waals surface area contributed by atoms with Crippen LogP contribution in [-0.4, -0.2) is 12.1 Å². The number of nitrogens with zero attached hydrogens (tertiary/aromatic N) is 1. The van der Waals surface area contributed by atoms with Gasteiger partial charge in [0.15, 0.2) is 0 Å². The molecular formula is C15H17ClN2O. The first-order valence-electron chi connectivity index (χ1n) is 6.18. The van der Waals surface area contributed by atoms with Gasteiger partial charge in [-0.25, -0.2) is 4.98 Å². The molecule has 1 aromatic carbocycles. The van der Waals surface area contributed by atoms with E-state index in [2.05, 4.69) is 17.2 Å². The van der Waals surface area contributed by atoms with Crippen molar-refractivity contribution < 1.29 is 4.74 Å². The average molecular weight is 277 g/mol. The van der Waals surface area contributed by atoms with E-state index in [4.69, 9.17) is 16.3 Å². The summed E-state index contributed by atoms with van der Waals surface area (Å²) in [7, 11) is 1.62. The van der Waals surface area contributed by atoms with Gasteiger partial charge in [0.2, 0.25) is 5.88 Å². The molecule has 0 aliphatic rings. The zero-order chi connectivity index (χ0) is 13.7. The Morgan fingerprint density at radius 3 is 2.63 bits per heavy atom. The third-order valence-corrected chi connectivity index (χ3v) is 3.20. The summed E-state index contributed by atoms with van der Waals surface area (Å²) < 4.78 is 5.11. The molecule has 19 heavy (non-hydrogen) atoms. The van der Waals surface area contributed by atoms with Crippen molar-refractivity contribution in [2.75, 3.05) is 7.11 Å². The van der Waals surface area contributed by atoms with Gasteiger partial charge in [0.05, 0.1) is 12.8 Å². The number of nitrogens with one attached hydrogen (secondary N) is 1. The zero-order valence-electron chi connectivity index (χ0n) is 11.1. The van der Waals surface area contributed by atoms with E-state index in [0.29, 0.717) is 12.4 Å². The minimum atomic E-state index is 0.241. The Balaban J connectivity index is 1.96. The topological polar surface area (TPSA) is 34.1 Å². The average Bonchev–Trinajstić information content (AvgIpc) is 2.46. The summed E-state index contributed by atoms with van der Waals surface area (Å²) in [6.07, 6.45) is 0. The number of methoxy groups -OCH3 is 1. The van der Waals surface area contributed by atoms with E-state index >= 15 is 0 Å². The Kier molecular flexibility index (Phi) is 4.77. The maximum Gasteiger partial charge on any atom is 0.213 e. The molecule has 0 radical (unpaired) electrons. The quantitative estimate of drug-likeness (QED) is 0.906. The molecular weight excluding hydrogens is 260 g/mol. The molecule has 1 heterocycles. The largest absolute Gasteiger partial charge is 0.481 e. The summed E-state index contributed by atoms with van der Waals surface area (Å²) in [4.78, 5) is 4.37. The highest BCUT2D eigenvalue weighted by Gasteiger charge is 2.05. The standard InChI is InChI=1S/C15H17ClN2O/c1-11(12-6-8-13(16)9-7-12)17-10-14-4-3-5-15(18-14)19-2/h3-9,11,17H,10H2,1-2H3/t11-/m0/s1. The minimum absolute atomic E-state index is 0.241. The molecule has 0 saturated heterocycles. The van der Waals surface area contributed by atoms with Crippen molar-refractivity contribution in [3.63, 3.8) is 0 Å². The lowest BCUT2D eigenvalue weighted by atomic mass is 10.1. The molecule has 0 amide bonds. The van der Waals surface area contributed by atoms with Crippen LogP contribution in [0.15, 0.2) is 42.5 Å². The fourth-order valence-electron chi connectivity index (χ4n) is 1.80. The number of hydrogen-bond acceptors (Lipinski definition) is 3. The summed E-state index contributed by atoms with van der Waals surface area (Å²) in [5, 5.41) is 4.18. The van der Waals surface area contributed by atoms with Gasteiger partial charge >= 0.3 is 0 Å². The highest BCUT2D eigenvalue weighted by molar-refractivity contribution is 6.30. The van der Waals surface area contributed by atoms with Gasteiger partial charge in [0, 0.05) is 23.7 Å². The normalized spacial score (nSPS) is 12.2. The smallest absolute Gasteiger partial charge is 0.213 e. The monoisotopic (exact) mass is 276 g/mol. The molecule has 1 aromatic heterocycles. The Bertz CT molecular complexity index is 528. The van der Waals surface area contributed by atoms with Crippen LogP contribution in [0.2, 0.25) is 5.02 Å². The van der Waals surface area contributed by atoms with Gasteiger partial charge in [0.1, 0.15) is 0 Å². The molecule has 3 nitrogen and oxygen atoms in total. The third-order valence-electron chi connectivity index (χ3n) is 2.95. The van der Waals surface area contributed by atoms with E-state index in [1.807, 2.05) is 42.5 Å². The summed E-state index contributed by atoms with van der Waals surface area (Å²) in [6.45, 7) is 2.81. The molecule has 0 aliphatic carbocycles. The summed E-state index contributed by atoms with van der Waals surface area (Å²) >= 11 is 5.88. The number of ether oxygens (including phenoxy) is 1. The molecule has 0 bridgehead atoms. The summed E-state index contributed by atoms with van der Waals surface area (Å²) in [6, 6.07) is 13.9. The molecule has 1 N–H and O–H groups in total. The number of rotatable bonds is 5. The lowest BCUT2D eigenvalue weighted by Crippen LogP contribution is -2.18. The van der Waals surface area contributed by atoms with Crippen LogP contribution < -0.4 is 10.1 Å². The zero-order valence-corrected chi connectivity index (χ0v) is 11.8. The first-order valence-corrected chi connectivity index (χ1v) is 6.55. The van der Waals surface area contributed by atoms with Crippen molar-refractivity contribution >= 4 is 11.6 Å². The van der Waals surface area contributed by atoms with Crippen LogP contribution >= 0.6 is 11.6 Å². The van der Waals surface area contributed by atoms with Crippen molar-refractivity contribution in [3.8, 4) is 5.88 Å². The molecule has 0 spiro atoms. The first-order chi connectivity index (χ1) is 9.19. The van der Waals surface area contributed by atoms with Crippen LogP contribution in [0, 0.1) is 0 Å². The van der Waals surface area contributed by atoms with Crippen LogP contribution in [0.25, 0.3) is 0 Å². The Hall–Kier alpha value is -1.58. The van der Waals surface area contributed by atoms with Crippen molar-refractivity contribution in [1.29, 1.82) is 0 Å². The van der Waals surface area contributed by atoms with E-state index < -0.39 is 0 Å². The van der Waals surface area contributed by atoms with E-state index in [1.54, 1.807) is 7.11 Å². The van der Waals surface area contributed by atoms with E-state index in [0.717, 1.165) is 10.7 Å². The molecule has 100 valence electrons. The lowest BCUT2D eigenvalue weighted by Gasteiger charge is -2.14. The van der Waals surface area contributed by atoms with Gasteiger partial charge in [-0.1, -0.05) is 29.8 Å². The van der Waals surface area contributed by atoms with Crippen molar-refractivity contribution in [2.45, 2.75) is 19.5 Å². The maximum absolute atomic E-state index is 5.88. The predicted molar refractivity (Wildman–Crippen MR) is 77.5 cm³/mol. The SMILES string of the molecule is COc1cccc(CN[C@@H](C)c2ccc(Cl)cc2)n1. The van der Waals surface area contributed by atoms with Gasteiger partial charge in [-0.15, -0.1) is 0 Å². The number of pyridine rings is 1. The molecule has 0 saturated carbocycles. The van der Waals surface area contributed by atoms with Crippen LogP contribution in [0.1, 0.15) is 24.2 Å². The van der Waals surface area contributed by atoms with Gasteiger partial charge in [-0.05, 0) is 30.7 Å². The first kappa shape index (κ1) is 13.8. The maximum atomic E-state index is 5.88. The Morgan fingerprint density at radius 1 is 1.21 bits per heavy atom. The van der Waals surface area contributed by atoms with Gasteiger partial charge in [-0.2, -0.15) is 0 Å². The lowest BCUT2D eigenvalue weighted by molar-refractivity contribution is 0.395. The second-order valence-corrected chi connectivity index (χ2v) is 4.76. The fourth-order valence-corrected chi connectivity index (χ4v) is 1.92. The van der Waals surface area contributed by atoms with E-state index in [1.165, 1.54) is 5.56 Å². The van der Waals surface area contributed by atoms with Gasteiger partial charge in [-0.3, -0.25) is 0 Å². The molecule has 0 unspecified atom stereocenters. The molecule has 2 rings (SSSR count). The number of halogens is 1. The van der Waals surface area contributed by atoms with Crippen molar-refractivity contribution in [3.05, 3.63) is 58.7 Å². The van der Waals surface area contributed by atoms with Crippen LogP contribution in [0.4, 0.5) is 0 Å². The highest BCUT2D eigenvalue weighted by Crippen LogP contribution is 2.16. The fraction of sp³-hybridized carbons (Fsp3) is 0.267. The Morgan fingerprint density at radius 2 is 1.95 bits per heavy atom. The van der Waals surface area contributed by atoms with Crippen LogP contribution in [0.3, 0.4) is 0 Å². The summed E-state index contributed by atoms with van der Waals surface area (Å²) in [5.41, 5.74) is 2.16. The van der Waals surface area contributed by atoms with Crippen LogP contribution in [-0.2, 0) is 6.54 Å². The molecule has 0 aliphatic heterocycles. The predicted octanol–water partition coefficient (Wildman–Crippen LogP) is 3.59. The minimum Gasteiger partial charge on any atom is -0.481 e. The van der Waals surface area contributed by atoms with Gasteiger partial charge < -0.3 is 10.1 Å². The molecule has 0 fully saturated rings. The number of aromatic nitrogens is 1. The molecule has 1 atom stereocenters. The molecule has 2 aromatic rings. The third kappa shape index (κ3) is 3.94.